The van der Waals surface area contributed by atoms with Crippen molar-refractivity contribution in [1.29, 1.82) is 0 Å². The van der Waals surface area contributed by atoms with Crippen molar-refractivity contribution in [3.8, 4) is 0 Å². The Balaban J connectivity index is 2.26. The van der Waals surface area contributed by atoms with Gasteiger partial charge in [-0.2, -0.15) is 5.10 Å². The summed E-state index contributed by atoms with van der Waals surface area (Å²) in [7, 11) is 1.76. The van der Waals surface area contributed by atoms with Crippen LogP contribution in [0.25, 0.3) is 0 Å². The summed E-state index contributed by atoms with van der Waals surface area (Å²) in [6, 6.07) is 5.11. The van der Waals surface area contributed by atoms with Gasteiger partial charge in [0.15, 0.2) is 0 Å². The molecule has 6 heteroatoms. The summed E-state index contributed by atoms with van der Waals surface area (Å²) in [6.45, 7) is 0. The molecule has 18 heavy (non-hydrogen) atoms. The fourth-order valence-corrected chi connectivity index (χ4v) is 1.80. The van der Waals surface area contributed by atoms with E-state index in [9.17, 15) is 8.78 Å². The highest BCUT2D eigenvalue weighted by atomic mass is 19.1. The topological polar surface area (TPSA) is 55.9 Å². The van der Waals surface area contributed by atoms with Crippen LogP contribution in [0.5, 0.6) is 0 Å². The van der Waals surface area contributed by atoms with Gasteiger partial charge in [0, 0.05) is 25.2 Å². The molecule has 0 aliphatic rings. The van der Waals surface area contributed by atoms with Gasteiger partial charge in [-0.15, -0.1) is 0 Å². The second kappa shape index (κ2) is 5.24. The predicted octanol–water partition coefficient (Wildman–Crippen LogP) is 1.45. The largest absolute Gasteiger partial charge is 0.275 e. The van der Waals surface area contributed by atoms with E-state index in [0.29, 0.717) is 5.69 Å². The first-order valence-corrected chi connectivity index (χ1v) is 5.50. The van der Waals surface area contributed by atoms with Crippen LogP contribution in [-0.4, -0.2) is 9.78 Å². The van der Waals surface area contributed by atoms with E-state index in [4.69, 9.17) is 5.84 Å². The minimum atomic E-state index is -0.578. The van der Waals surface area contributed by atoms with Crippen LogP contribution in [0.15, 0.2) is 30.5 Å². The van der Waals surface area contributed by atoms with Crippen molar-refractivity contribution >= 4 is 0 Å². The molecule has 0 fully saturated rings. The maximum atomic E-state index is 13.5. The normalized spacial score (nSPS) is 12.7. The molecule has 0 aliphatic carbocycles. The maximum absolute atomic E-state index is 13.5. The summed E-state index contributed by atoms with van der Waals surface area (Å²) >= 11 is 0. The molecule has 1 aromatic carbocycles. The zero-order valence-electron chi connectivity index (χ0n) is 9.90. The first kappa shape index (κ1) is 12.7. The van der Waals surface area contributed by atoms with Gasteiger partial charge in [0.1, 0.15) is 11.6 Å². The molecule has 0 amide bonds. The fraction of sp³-hybridized carbons (Fsp3) is 0.250. The lowest BCUT2D eigenvalue weighted by molar-refractivity contribution is 0.489. The number of halogens is 2. The number of rotatable bonds is 4. The average molecular weight is 252 g/mol. The van der Waals surface area contributed by atoms with Crippen LogP contribution in [0, 0.1) is 11.6 Å². The van der Waals surface area contributed by atoms with Crippen LogP contribution >= 0.6 is 0 Å². The van der Waals surface area contributed by atoms with E-state index in [-0.39, 0.29) is 12.0 Å². The third-order valence-corrected chi connectivity index (χ3v) is 2.76. The first-order chi connectivity index (χ1) is 8.61. The monoisotopic (exact) mass is 252 g/mol. The second-order valence-electron chi connectivity index (χ2n) is 4.04. The molecular weight excluding hydrogens is 238 g/mol. The minimum absolute atomic E-state index is 0.00565. The molecule has 4 nitrogen and oxygen atoms in total. The quantitative estimate of drug-likeness (QED) is 0.639. The summed E-state index contributed by atoms with van der Waals surface area (Å²) in [4.78, 5) is 0. The van der Waals surface area contributed by atoms with Crippen molar-refractivity contribution in [2.75, 3.05) is 0 Å². The third-order valence-electron chi connectivity index (χ3n) is 2.76. The molecule has 0 radical (unpaired) electrons. The van der Waals surface area contributed by atoms with Gasteiger partial charge in [0.2, 0.25) is 0 Å². The highest BCUT2D eigenvalue weighted by Gasteiger charge is 2.18. The van der Waals surface area contributed by atoms with Crippen molar-refractivity contribution in [2.24, 2.45) is 12.9 Å². The van der Waals surface area contributed by atoms with Gasteiger partial charge in [0.05, 0.1) is 11.7 Å². The lowest BCUT2D eigenvalue weighted by Gasteiger charge is -2.14. The highest BCUT2D eigenvalue weighted by molar-refractivity contribution is 5.22. The molecule has 2 rings (SSSR count). The van der Waals surface area contributed by atoms with Gasteiger partial charge < -0.3 is 0 Å². The summed E-state index contributed by atoms with van der Waals surface area (Å²) in [6.07, 6.45) is 1.85. The number of nitrogens with two attached hydrogens (primary N) is 1. The summed E-state index contributed by atoms with van der Waals surface area (Å²) in [5.41, 5.74) is 3.17. The van der Waals surface area contributed by atoms with Gasteiger partial charge in [-0.3, -0.25) is 16.0 Å². The van der Waals surface area contributed by atoms with E-state index in [2.05, 4.69) is 10.5 Å². The Bertz CT molecular complexity index is 518. The highest BCUT2D eigenvalue weighted by Crippen LogP contribution is 2.20. The molecule has 0 bridgehead atoms. The number of benzene rings is 1. The van der Waals surface area contributed by atoms with Crippen LogP contribution in [0.1, 0.15) is 17.3 Å². The second-order valence-corrected chi connectivity index (χ2v) is 4.04. The predicted molar refractivity (Wildman–Crippen MR) is 63.3 cm³/mol. The minimum Gasteiger partial charge on any atom is -0.275 e. The number of aryl methyl sites for hydroxylation is 1. The van der Waals surface area contributed by atoms with Crippen molar-refractivity contribution in [1.82, 2.24) is 15.2 Å². The van der Waals surface area contributed by atoms with Crippen LogP contribution in [0.2, 0.25) is 0 Å². The number of hydrazine groups is 1. The standard InChI is InChI=1S/C12H14F2N4/c1-18-6-5-11(17-18)12(16-15)7-8-9(13)3-2-4-10(8)14/h2-6,12,16H,7,15H2,1H3. The van der Waals surface area contributed by atoms with Crippen molar-refractivity contribution in [2.45, 2.75) is 12.5 Å². The van der Waals surface area contributed by atoms with Gasteiger partial charge in [-0.1, -0.05) is 6.07 Å². The first-order valence-electron chi connectivity index (χ1n) is 5.50. The molecule has 1 unspecified atom stereocenters. The Hall–Kier alpha value is -1.79. The molecule has 1 atom stereocenters. The van der Waals surface area contributed by atoms with E-state index in [1.807, 2.05) is 0 Å². The van der Waals surface area contributed by atoms with E-state index in [1.165, 1.54) is 18.2 Å². The number of hydrogen-bond donors (Lipinski definition) is 2. The summed E-state index contributed by atoms with van der Waals surface area (Å²) < 4.78 is 28.7. The SMILES string of the molecule is Cn1ccc(C(Cc2c(F)cccc2F)NN)n1. The Morgan fingerprint density at radius 1 is 1.33 bits per heavy atom. The molecule has 1 heterocycles. The van der Waals surface area contributed by atoms with Gasteiger partial charge in [-0.05, 0) is 18.2 Å². The Kier molecular flexibility index (Phi) is 3.69. The molecule has 0 saturated heterocycles. The van der Waals surface area contributed by atoms with E-state index in [1.54, 1.807) is 24.0 Å². The van der Waals surface area contributed by atoms with Crippen molar-refractivity contribution < 1.29 is 8.78 Å². The molecule has 0 spiro atoms. The zero-order valence-corrected chi connectivity index (χ0v) is 9.90. The molecular formula is C12H14F2N4. The van der Waals surface area contributed by atoms with Crippen LogP contribution in [-0.2, 0) is 13.5 Å². The number of hydrogen-bond acceptors (Lipinski definition) is 3. The van der Waals surface area contributed by atoms with Crippen LogP contribution in [0.3, 0.4) is 0 Å². The number of nitrogens with zero attached hydrogens (tertiary/aromatic N) is 2. The number of nitrogens with one attached hydrogen (secondary N) is 1. The van der Waals surface area contributed by atoms with Crippen molar-refractivity contribution in [3.05, 3.63) is 53.4 Å². The van der Waals surface area contributed by atoms with E-state index >= 15 is 0 Å². The fourth-order valence-electron chi connectivity index (χ4n) is 1.80. The molecule has 96 valence electrons. The zero-order chi connectivity index (χ0) is 13.1. The average Bonchev–Trinajstić information content (AvgIpc) is 2.76. The third kappa shape index (κ3) is 2.55. The Morgan fingerprint density at radius 3 is 2.50 bits per heavy atom. The van der Waals surface area contributed by atoms with Gasteiger partial charge >= 0.3 is 0 Å². The lowest BCUT2D eigenvalue weighted by atomic mass is 10.0. The smallest absolute Gasteiger partial charge is 0.129 e. The molecule has 3 N–H and O–H groups in total. The van der Waals surface area contributed by atoms with Crippen LogP contribution < -0.4 is 11.3 Å². The molecule has 2 aromatic rings. The molecule has 0 saturated carbocycles. The molecule has 0 aliphatic heterocycles. The maximum Gasteiger partial charge on any atom is 0.129 e. The van der Waals surface area contributed by atoms with Gasteiger partial charge in [0.25, 0.3) is 0 Å². The summed E-state index contributed by atoms with van der Waals surface area (Å²) in [5.74, 6) is 4.26. The van der Waals surface area contributed by atoms with E-state index in [0.717, 1.165) is 0 Å². The lowest BCUT2D eigenvalue weighted by Crippen LogP contribution is -2.30. The molecule has 1 aromatic heterocycles. The van der Waals surface area contributed by atoms with E-state index < -0.39 is 17.7 Å². The number of aromatic nitrogens is 2. The van der Waals surface area contributed by atoms with Crippen molar-refractivity contribution in [3.63, 3.8) is 0 Å². The summed E-state index contributed by atoms with van der Waals surface area (Å²) in [5, 5.41) is 4.17. The Morgan fingerprint density at radius 2 is 2.00 bits per heavy atom. The Labute approximate surface area is 103 Å². The van der Waals surface area contributed by atoms with Gasteiger partial charge in [-0.25, -0.2) is 8.78 Å². The van der Waals surface area contributed by atoms with Crippen LogP contribution in [0.4, 0.5) is 8.78 Å².